The van der Waals surface area contributed by atoms with Crippen LogP contribution in [0.4, 0.5) is 5.69 Å². The Morgan fingerprint density at radius 1 is 1.00 bits per heavy atom. The summed E-state index contributed by atoms with van der Waals surface area (Å²) >= 11 is 3.34. The summed E-state index contributed by atoms with van der Waals surface area (Å²) in [4.78, 5) is 34.0. The number of carboxylic acids is 1. The van der Waals surface area contributed by atoms with E-state index >= 15 is 0 Å². The number of hydrogen-bond acceptors (Lipinski definition) is 4. The van der Waals surface area contributed by atoms with E-state index in [1.165, 1.54) is 18.3 Å². The van der Waals surface area contributed by atoms with E-state index < -0.39 is 11.9 Å². The average molecular weight is 418 g/mol. The van der Waals surface area contributed by atoms with Gasteiger partial charge < -0.3 is 10.4 Å². The number of nitrogens with one attached hydrogen (secondary N) is 2. The van der Waals surface area contributed by atoms with Gasteiger partial charge in [-0.2, -0.15) is 5.10 Å². The van der Waals surface area contributed by atoms with Gasteiger partial charge in [0.15, 0.2) is 0 Å². The quantitative estimate of drug-likeness (QED) is 0.475. The molecule has 8 heteroatoms. The third-order valence-electron chi connectivity index (χ3n) is 3.25. The fraction of sp³-hybridized carbons (Fsp3) is 0.111. The monoisotopic (exact) mass is 417 g/mol. The summed E-state index contributed by atoms with van der Waals surface area (Å²) in [6, 6.07) is 13.6. The van der Waals surface area contributed by atoms with Gasteiger partial charge in [0.05, 0.1) is 12.6 Å². The molecule has 0 heterocycles. The summed E-state index contributed by atoms with van der Waals surface area (Å²) in [6.07, 6.45) is 1.19. The van der Waals surface area contributed by atoms with E-state index in [1.54, 1.807) is 12.1 Å². The molecule has 0 saturated carbocycles. The summed E-state index contributed by atoms with van der Waals surface area (Å²) in [7, 11) is 0. The molecule has 0 saturated heterocycles. The minimum atomic E-state index is -1.03. The van der Waals surface area contributed by atoms with Crippen LogP contribution >= 0.6 is 15.9 Å². The van der Waals surface area contributed by atoms with Crippen LogP contribution in [0.2, 0.25) is 0 Å². The standard InChI is InChI=1S/C18H16BrN3O4/c19-14-5-1-12(2-6-14)11-20-22-18(26)13-3-7-15(8-4-13)21-16(23)9-10-17(24)25/h1-8,11H,9-10H2,(H,21,23)(H,22,26)(H,24,25)/b20-11-. The number of carbonyl (C=O) groups is 3. The molecule has 0 aliphatic carbocycles. The minimum Gasteiger partial charge on any atom is -0.481 e. The Bertz CT molecular complexity index is 817. The highest BCUT2D eigenvalue weighted by molar-refractivity contribution is 9.10. The summed E-state index contributed by atoms with van der Waals surface area (Å²) < 4.78 is 0.953. The number of amides is 2. The maximum atomic E-state index is 12.0. The molecule has 2 aromatic rings. The van der Waals surface area contributed by atoms with Crippen molar-refractivity contribution in [3.63, 3.8) is 0 Å². The lowest BCUT2D eigenvalue weighted by Gasteiger charge is -2.05. The van der Waals surface area contributed by atoms with Gasteiger partial charge in [0.1, 0.15) is 0 Å². The molecule has 0 bridgehead atoms. The van der Waals surface area contributed by atoms with Crippen LogP contribution in [0.5, 0.6) is 0 Å². The van der Waals surface area contributed by atoms with E-state index in [9.17, 15) is 14.4 Å². The number of carboxylic acid groups (broad SMARTS) is 1. The maximum Gasteiger partial charge on any atom is 0.303 e. The number of anilines is 1. The molecule has 2 aromatic carbocycles. The summed E-state index contributed by atoms with van der Waals surface area (Å²) in [5.74, 6) is -1.82. The normalized spacial score (nSPS) is 10.5. The van der Waals surface area contributed by atoms with Crippen LogP contribution in [0.1, 0.15) is 28.8 Å². The van der Waals surface area contributed by atoms with Crippen LogP contribution in [0, 0.1) is 0 Å². The van der Waals surface area contributed by atoms with E-state index in [0.717, 1.165) is 10.0 Å². The molecule has 2 rings (SSSR count). The zero-order valence-corrected chi connectivity index (χ0v) is 15.2. The van der Waals surface area contributed by atoms with Crippen molar-refractivity contribution >= 4 is 45.6 Å². The largest absolute Gasteiger partial charge is 0.481 e. The third-order valence-corrected chi connectivity index (χ3v) is 3.78. The zero-order valence-electron chi connectivity index (χ0n) is 13.6. The van der Waals surface area contributed by atoms with Crippen molar-refractivity contribution in [3.05, 3.63) is 64.1 Å². The summed E-state index contributed by atoms with van der Waals surface area (Å²) in [5.41, 5.74) is 4.12. The van der Waals surface area contributed by atoms with Crippen molar-refractivity contribution in [1.82, 2.24) is 5.43 Å². The number of hydrogen-bond donors (Lipinski definition) is 3. The Kier molecular flexibility index (Phi) is 7.04. The van der Waals surface area contributed by atoms with Gasteiger partial charge in [-0.05, 0) is 42.0 Å². The van der Waals surface area contributed by atoms with Crippen LogP contribution in [0.3, 0.4) is 0 Å². The van der Waals surface area contributed by atoms with Crippen molar-refractivity contribution in [2.45, 2.75) is 12.8 Å². The number of nitrogens with zero attached hydrogens (tertiary/aromatic N) is 1. The molecule has 0 spiro atoms. The van der Waals surface area contributed by atoms with Crippen molar-refractivity contribution in [1.29, 1.82) is 0 Å². The molecule has 0 fully saturated rings. The molecule has 0 atom stereocenters. The molecule has 134 valence electrons. The van der Waals surface area contributed by atoms with Crippen LogP contribution in [-0.2, 0) is 9.59 Å². The van der Waals surface area contributed by atoms with E-state index in [4.69, 9.17) is 5.11 Å². The average Bonchev–Trinajstić information content (AvgIpc) is 2.62. The van der Waals surface area contributed by atoms with Gasteiger partial charge in [-0.3, -0.25) is 14.4 Å². The predicted molar refractivity (Wildman–Crippen MR) is 101 cm³/mol. The van der Waals surface area contributed by atoms with E-state index in [1.807, 2.05) is 24.3 Å². The lowest BCUT2D eigenvalue weighted by molar-refractivity contribution is -0.138. The molecule has 7 nitrogen and oxygen atoms in total. The number of carbonyl (C=O) groups excluding carboxylic acids is 2. The summed E-state index contributed by atoms with van der Waals surface area (Å²) in [6.45, 7) is 0. The molecule has 2 amide bonds. The molecular formula is C18H16BrN3O4. The predicted octanol–water partition coefficient (Wildman–Crippen LogP) is 3.02. The Morgan fingerprint density at radius 3 is 2.27 bits per heavy atom. The van der Waals surface area contributed by atoms with Gasteiger partial charge in [0.25, 0.3) is 5.91 Å². The first-order chi connectivity index (χ1) is 12.4. The number of benzene rings is 2. The first-order valence-corrected chi connectivity index (χ1v) is 8.44. The second-order valence-corrected chi connectivity index (χ2v) is 6.19. The van der Waals surface area contributed by atoms with Gasteiger partial charge in [0.2, 0.25) is 5.91 Å². The molecule has 3 N–H and O–H groups in total. The fourth-order valence-corrected chi connectivity index (χ4v) is 2.19. The Labute approximate surface area is 158 Å². The highest BCUT2D eigenvalue weighted by atomic mass is 79.9. The molecule has 26 heavy (non-hydrogen) atoms. The number of aliphatic carboxylic acids is 1. The van der Waals surface area contributed by atoms with E-state index in [0.29, 0.717) is 11.3 Å². The summed E-state index contributed by atoms with van der Waals surface area (Å²) in [5, 5.41) is 15.0. The van der Waals surface area contributed by atoms with E-state index in [-0.39, 0.29) is 18.7 Å². The SMILES string of the molecule is O=C(O)CCC(=O)Nc1ccc(C(=O)N/N=C\c2ccc(Br)cc2)cc1. The van der Waals surface area contributed by atoms with Gasteiger partial charge in [0, 0.05) is 22.1 Å². The lowest BCUT2D eigenvalue weighted by Crippen LogP contribution is -2.18. The van der Waals surface area contributed by atoms with Gasteiger partial charge in [-0.15, -0.1) is 0 Å². The molecule has 0 aliphatic rings. The van der Waals surface area contributed by atoms with Crippen molar-refractivity contribution in [3.8, 4) is 0 Å². The molecular weight excluding hydrogens is 402 g/mol. The fourth-order valence-electron chi connectivity index (χ4n) is 1.93. The second kappa shape index (κ2) is 9.47. The first kappa shape index (κ1) is 19.3. The van der Waals surface area contributed by atoms with Crippen LogP contribution < -0.4 is 10.7 Å². The van der Waals surface area contributed by atoms with Crippen molar-refractivity contribution in [2.75, 3.05) is 5.32 Å². The molecule has 0 aromatic heterocycles. The zero-order chi connectivity index (χ0) is 18.9. The lowest BCUT2D eigenvalue weighted by atomic mass is 10.2. The smallest absolute Gasteiger partial charge is 0.303 e. The number of rotatable bonds is 7. The third kappa shape index (κ3) is 6.48. The van der Waals surface area contributed by atoms with Crippen molar-refractivity contribution in [2.24, 2.45) is 5.10 Å². The Hall–Kier alpha value is -3.00. The van der Waals surface area contributed by atoms with E-state index in [2.05, 4.69) is 31.8 Å². The Morgan fingerprint density at radius 2 is 1.65 bits per heavy atom. The van der Waals surface area contributed by atoms with Crippen molar-refractivity contribution < 1.29 is 19.5 Å². The molecule has 0 aliphatic heterocycles. The van der Waals surface area contributed by atoms with Crippen LogP contribution in [0.25, 0.3) is 0 Å². The van der Waals surface area contributed by atoms with Gasteiger partial charge in [-0.1, -0.05) is 28.1 Å². The number of halogens is 1. The van der Waals surface area contributed by atoms with Crippen LogP contribution in [0.15, 0.2) is 58.1 Å². The van der Waals surface area contributed by atoms with Gasteiger partial charge >= 0.3 is 5.97 Å². The first-order valence-electron chi connectivity index (χ1n) is 7.65. The van der Waals surface area contributed by atoms with Crippen LogP contribution in [-0.4, -0.2) is 29.1 Å². The maximum absolute atomic E-state index is 12.0. The molecule has 0 unspecified atom stereocenters. The topological polar surface area (TPSA) is 108 Å². The Balaban J connectivity index is 1.86. The highest BCUT2D eigenvalue weighted by Gasteiger charge is 2.07. The highest BCUT2D eigenvalue weighted by Crippen LogP contribution is 2.11. The van der Waals surface area contributed by atoms with Gasteiger partial charge in [-0.25, -0.2) is 5.43 Å². The number of hydrazone groups is 1. The molecule has 0 radical (unpaired) electrons. The second-order valence-electron chi connectivity index (χ2n) is 5.27. The minimum absolute atomic E-state index is 0.109.